The molecular formula is C18H23F3N4O4. The van der Waals surface area contributed by atoms with Crippen LogP contribution in [-0.4, -0.2) is 62.2 Å². The first-order chi connectivity index (χ1) is 13.7. The number of furan rings is 1. The number of carbonyl (C=O) groups is 1. The Kier molecular flexibility index (Phi) is 6.58. The maximum absolute atomic E-state index is 10.6. The van der Waals surface area contributed by atoms with Crippen LogP contribution in [0.5, 0.6) is 0 Å². The summed E-state index contributed by atoms with van der Waals surface area (Å²) in [5.74, 6) is -0.174. The molecule has 160 valence electrons. The first-order valence-corrected chi connectivity index (χ1v) is 9.27. The molecule has 11 heteroatoms. The van der Waals surface area contributed by atoms with Gasteiger partial charge in [-0.2, -0.15) is 13.2 Å². The summed E-state index contributed by atoms with van der Waals surface area (Å²) in [5.41, 5.74) is 0. The van der Waals surface area contributed by atoms with Crippen LogP contribution in [0.1, 0.15) is 24.4 Å². The van der Waals surface area contributed by atoms with Crippen LogP contribution in [0.3, 0.4) is 0 Å². The van der Waals surface area contributed by atoms with Crippen LogP contribution in [0.2, 0.25) is 0 Å². The SMILES string of the molecule is Cc1ccc(CN2CCOC3C(Cn4cnnc4)CCC32)o1.O=C(O)C(F)(F)F. The van der Waals surface area contributed by atoms with Crippen molar-refractivity contribution in [1.29, 1.82) is 0 Å². The Bertz CT molecular complexity index is 793. The molecule has 2 aromatic heterocycles. The quantitative estimate of drug-likeness (QED) is 0.818. The molecule has 1 saturated heterocycles. The molecule has 0 aromatic carbocycles. The molecule has 0 amide bonds. The number of alkyl halides is 3. The molecule has 2 aromatic rings. The molecule has 1 N–H and O–H groups in total. The summed E-state index contributed by atoms with van der Waals surface area (Å²) in [5, 5.41) is 14.9. The van der Waals surface area contributed by atoms with Gasteiger partial charge in [0.25, 0.3) is 0 Å². The third-order valence-electron chi connectivity index (χ3n) is 5.14. The van der Waals surface area contributed by atoms with Gasteiger partial charge in [0.1, 0.15) is 24.2 Å². The number of aliphatic carboxylic acids is 1. The fourth-order valence-electron chi connectivity index (χ4n) is 3.89. The highest BCUT2D eigenvalue weighted by Gasteiger charge is 2.42. The fraction of sp³-hybridized carbons (Fsp3) is 0.611. The molecule has 1 aliphatic carbocycles. The second-order valence-electron chi connectivity index (χ2n) is 7.18. The topological polar surface area (TPSA) is 93.6 Å². The molecule has 3 unspecified atom stereocenters. The number of aryl methyl sites for hydroxylation is 1. The summed E-state index contributed by atoms with van der Waals surface area (Å²) in [7, 11) is 0. The zero-order chi connectivity index (χ0) is 21.0. The van der Waals surface area contributed by atoms with E-state index in [0.29, 0.717) is 18.1 Å². The highest BCUT2D eigenvalue weighted by atomic mass is 19.4. The number of fused-ring (bicyclic) bond motifs is 1. The van der Waals surface area contributed by atoms with Gasteiger partial charge in [0, 0.05) is 25.0 Å². The Morgan fingerprint density at radius 2 is 1.97 bits per heavy atom. The number of morpholine rings is 1. The summed E-state index contributed by atoms with van der Waals surface area (Å²) < 4.78 is 45.7. The summed E-state index contributed by atoms with van der Waals surface area (Å²) in [4.78, 5) is 11.4. The molecule has 3 heterocycles. The Balaban J connectivity index is 0.000000298. The van der Waals surface area contributed by atoms with Gasteiger partial charge in [-0.3, -0.25) is 4.90 Å². The number of ether oxygens (including phenoxy) is 1. The van der Waals surface area contributed by atoms with Crippen molar-refractivity contribution in [3.63, 3.8) is 0 Å². The monoisotopic (exact) mass is 416 g/mol. The van der Waals surface area contributed by atoms with Gasteiger partial charge in [0.15, 0.2) is 0 Å². The number of nitrogens with zero attached hydrogens (tertiary/aromatic N) is 4. The average Bonchev–Trinajstić information content (AvgIpc) is 3.38. The number of hydrogen-bond acceptors (Lipinski definition) is 6. The molecule has 1 aliphatic heterocycles. The lowest BCUT2D eigenvalue weighted by atomic mass is 10.0. The number of aromatic nitrogens is 3. The van der Waals surface area contributed by atoms with Crippen molar-refractivity contribution >= 4 is 5.97 Å². The fourth-order valence-corrected chi connectivity index (χ4v) is 3.89. The minimum atomic E-state index is -5.08. The van der Waals surface area contributed by atoms with Gasteiger partial charge in [-0.15, -0.1) is 10.2 Å². The molecule has 3 atom stereocenters. The molecule has 0 radical (unpaired) electrons. The number of hydrogen-bond donors (Lipinski definition) is 1. The molecule has 29 heavy (non-hydrogen) atoms. The van der Waals surface area contributed by atoms with E-state index in [1.54, 1.807) is 12.7 Å². The van der Waals surface area contributed by atoms with Crippen molar-refractivity contribution in [2.45, 2.75) is 51.2 Å². The third kappa shape index (κ3) is 5.57. The van der Waals surface area contributed by atoms with Crippen LogP contribution in [0.25, 0.3) is 0 Å². The zero-order valence-electron chi connectivity index (χ0n) is 15.9. The normalized spacial score (nSPS) is 24.6. The maximum Gasteiger partial charge on any atom is 0.490 e. The van der Waals surface area contributed by atoms with Crippen molar-refractivity contribution in [2.24, 2.45) is 5.92 Å². The Morgan fingerprint density at radius 1 is 1.28 bits per heavy atom. The summed E-state index contributed by atoms with van der Waals surface area (Å²) in [6.45, 7) is 5.62. The van der Waals surface area contributed by atoms with E-state index in [1.807, 2.05) is 13.0 Å². The number of carboxylic acids is 1. The largest absolute Gasteiger partial charge is 0.490 e. The number of rotatable bonds is 4. The van der Waals surface area contributed by atoms with Gasteiger partial charge < -0.3 is 18.8 Å². The van der Waals surface area contributed by atoms with E-state index < -0.39 is 12.1 Å². The van der Waals surface area contributed by atoms with Gasteiger partial charge in [-0.1, -0.05) is 0 Å². The first-order valence-electron chi connectivity index (χ1n) is 9.27. The van der Waals surface area contributed by atoms with Crippen LogP contribution >= 0.6 is 0 Å². The minimum absolute atomic E-state index is 0.312. The van der Waals surface area contributed by atoms with Crippen molar-refractivity contribution in [3.05, 3.63) is 36.3 Å². The minimum Gasteiger partial charge on any atom is -0.475 e. The van der Waals surface area contributed by atoms with Gasteiger partial charge in [0.05, 0.1) is 19.3 Å². The predicted molar refractivity (Wildman–Crippen MR) is 93.8 cm³/mol. The zero-order valence-corrected chi connectivity index (χ0v) is 15.9. The van der Waals surface area contributed by atoms with Crippen LogP contribution in [0, 0.1) is 12.8 Å². The highest BCUT2D eigenvalue weighted by molar-refractivity contribution is 5.73. The molecule has 2 fully saturated rings. The van der Waals surface area contributed by atoms with Crippen molar-refractivity contribution in [3.8, 4) is 0 Å². The summed E-state index contributed by atoms with van der Waals surface area (Å²) in [6, 6.07) is 4.63. The first kappa shape index (κ1) is 21.3. The van der Waals surface area contributed by atoms with Gasteiger partial charge in [-0.05, 0) is 31.9 Å². The Labute approximate surface area is 165 Å². The summed E-state index contributed by atoms with van der Waals surface area (Å²) in [6.07, 6.45) is 1.20. The Morgan fingerprint density at radius 3 is 2.55 bits per heavy atom. The van der Waals surface area contributed by atoms with E-state index in [1.165, 1.54) is 12.8 Å². The van der Waals surface area contributed by atoms with E-state index in [2.05, 4.69) is 25.7 Å². The average molecular weight is 416 g/mol. The molecular weight excluding hydrogens is 393 g/mol. The van der Waals surface area contributed by atoms with Gasteiger partial charge in [-0.25, -0.2) is 4.79 Å². The molecule has 0 bridgehead atoms. The standard InChI is InChI=1S/C16H22N4O2.C2HF3O2/c1-12-2-4-14(22-12)9-20-6-7-21-16-13(3-5-15(16)20)8-19-10-17-18-11-19;3-2(4,5)1(6)7/h2,4,10-11,13,15-16H,3,5-9H2,1H3;(H,6,7). The lowest BCUT2D eigenvalue weighted by molar-refractivity contribution is -0.192. The second-order valence-corrected chi connectivity index (χ2v) is 7.18. The van der Waals surface area contributed by atoms with E-state index in [0.717, 1.165) is 37.8 Å². The molecule has 4 rings (SSSR count). The van der Waals surface area contributed by atoms with Gasteiger partial charge >= 0.3 is 12.1 Å². The number of carboxylic acid groups (broad SMARTS) is 1. The predicted octanol–water partition coefficient (Wildman–Crippen LogP) is 2.49. The summed E-state index contributed by atoms with van der Waals surface area (Å²) >= 11 is 0. The lowest BCUT2D eigenvalue weighted by Crippen LogP contribution is -2.50. The molecule has 0 spiro atoms. The second kappa shape index (κ2) is 8.95. The smallest absolute Gasteiger partial charge is 0.475 e. The van der Waals surface area contributed by atoms with Crippen LogP contribution in [0.4, 0.5) is 13.2 Å². The molecule has 2 aliphatic rings. The van der Waals surface area contributed by atoms with E-state index in [9.17, 15) is 13.2 Å². The molecule has 8 nitrogen and oxygen atoms in total. The van der Waals surface area contributed by atoms with E-state index in [4.69, 9.17) is 19.1 Å². The molecule has 1 saturated carbocycles. The van der Waals surface area contributed by atoms with Crippen LogP contribution in [0.15, 0.2) is 29.2 Å². The van der Waals surface area contributed by atoms with Crippen LogP contribution in [-0.2, 0) is 22.6 Å². The van der Waals surface area contributed by atoms with Gasteiger partial charge in [0.2, 0.25) is 0 Å². The highest BCUT2D eigenvalue weighted by Crippen LogP contribution is 2.36. The number of halogens is 3. The third-order valence-corrected chi connectivity index (χ3v) is 5.14. The van der Waals surface area contributed by atoms with E-state index in [-0.39, 0.29) is 0 Å². The van der Waals surface area contributed by atoms with Crippen molar-refractivity contribution in [1.82, 2.24) is 19.7 Å². The van der Waals surface area contributed by atoms with E-state index >= 15 is 0 Å². The van der Waals surface area contributed by atoms with Crippen LogP contribution < -0.4 is 0 Å². The van der Waals surface area contributed by atoms with Crippen molar-refractivity contribution < 1.29 is 32.2 Å². The maximum atomic E-state index is 10.6. The lowest BCUT2D eigenvalue weighted by Gasteiger charge is -2.38. The Hall–Kier alpha value is -2.40. The van der Waals surface area contributed by atoms with Crippen molar-refractivity contribution in [2.75, 3.05) is 13.2 Å².